The van der Waals surface area contributed by atoms with Gasteiger partial charge in [0.1, 0.15) is 5.75 Å². The molecule has 0 bridgehead atoms. The van der Waals surface area contributed by atoms with Crippen molar-refractivity contribution in [3.63, 3.8) is 0 Å². The van der Waals surface area contributed by atoms with Crippen LogP contribution in [0.4, 0.5) is 0 Å². The molecule has 2 aromatic rings. The van der Waals surface area contributed by atoms with Crippen molar-refractivity contribution in [3.8, 4) is 5.75 Å². The molecular weight excluding hydrogens is 364 g/mol. The van der Waals surface area contributed by atoms with Crippen molar-refractivity contribution >= 4 is 11.8 Å². The van der Waals surface area contributed by atoms with Crippen LogP contribution in [0.25, 0.3) is 0 Å². The van der Waals surface area contributed by atoms with Gasteiger partial charge in [0.25, 0.3) is 5.91 Å². The monoisotopic (exact) mass is 396 g/mol. The van der Waals surface area contributed by atoms with E-state index in [1.54, 1.807) is 7.11 Å². The minimum absolute atomic E-state index is 0.0454. The highest BCUT2D eigenvalue weighted by atomic mass is 16.5. The lowest BCUT2D eigenvalue weighted by molar-refractivity contribution is -0.121. The molecule has 0 aliphatic carbocycles. The number of aryl methyl sites for hydroxylation is 1. The molecular formula is C24H32N2O3. The molecule has 1 atom stereocenters. The summed E-state index contributed by atoms with van der Waals surface area (Å²) in [6.45, 7) is 10.6. The minimum Gasteiger partial charge on any atom is -0.496 e. The minimum atomic E-state index is -0.182. The fourth-order valence-corrected chi connectivity index (χ4v) is 3.10. The van der Waals surface area contributed by atoms with Crippen LogP contribution in [-0.2, 0) is 10.2 Å². The second kappa shape index (κ2) is 9.59. The van der Waals surface area contributed by atoms with Crippen molar-refractivity contribution in [2.45, 2.75) is 52.5 Å². The number of carbonyl (C=O) groups excluding carboxylic acids is 2. The summed E-state index contributed by atoms with van der Waals surface area (Å²) in [4.78, 5) is 24.6. The Morgan fingerprint density at radius 1 is 1.07 bits per heavy atom. The highest BCUT2D eigenvalue weighted by molar-refractivity contribution is 5.94. The van der Waals surface area contributed by atoms with Crippen LogP contribution in [0, 0.1) is 6.92 Å². The van der Waals surface area contributed by atoms with E-state index in [9.17, 15) is 9.59 Å². The van der Waals surface area contributed by atoms with Gasteiger partial charge in [-0.2, -0.15) is 0 Å². The maximum atomic E-state index is 12.3. The Kier molecular flexibility index (Phi) is 7.43. The van der Waals surface area contributed by atoms with Crippen molar-refractivity contribution < 1.29 is 14.3 Å². The number of methoxy groups -OCH3 is 1. The molecule has 2 amide bonds. The van der Waals surface area contributed by atoms with Gasteiger partial charge in [-0.3, -0.25) is 9.59 Å². The maximum Gasteiger partial charge on any atom is 0.251 e. The Bertz CT molecular complexity index is 851. The number of benzene rings is 2. The molecule has 2 N–H and O–H groups in total. The van der Waals surface area contributed by atoms with Crippen LogP contribution in [0.15, 0.2) is 42.5 Å². The first-order chi connectivity index (χ1) is 13.6. The number of hydrogen-bond donors (Lipinski definition) is 2. The third-order valence-electron chi connectivity index (χ3n) is 4.88. The molecule has 0 fully saturated rings. The smallest absolute Gasteiger partial charge is 0.251 e. The highest BCUT2D eigenvalue weighted by Crippen LogP contribution is 2.26. The fraction of sp³-hybridized carbons (Fsp3) is 0.417. The number of rotatable bonds is 7. The van der Waals surface area contributed by atoms with E-state index in [4.69, 9.17) is 4.74 Å². The van der Waals surface area contributed by atoms with Crippen LogP contribution >= 0.6 is 0 Å². The second-order valence-electron chi connectivity index (χ2n) is 8.37. The second-order valence-corrected chi connectivity index (χ2v) is 8.37. The number of nitrogens with one attached hydrogen (secondary N) is 2. The standard InChI is InChI=1S/C24H32N2O3/c1-16-7-12-21(29-6)20(15-16)17(2)26-22(27)13-14-25-23(28)18-8-10-19(11-9-18)24(3,4)5/h7-12,15,17H,13-14H2,1-6H3,(H,25,28)(H,26,27)/t17-/m1/s1. The van der Waals surface area contributed by atoms with E-state index >= 15 is 0 Å². The van der Waals surface area contributed by atoms with E-state index in [0.29, 0.717) is 5.56 Å². The zero-order valence-electron chi connectivity index (χ0n) is 18.3. The molecule has 156 valence electrons. The van der Waals surface area contributed by atoms with Crippen molar-refractivity contribution in [1.82, 2.24) is 10.6 Å². The first-order valence-corrected chi connectivity index (χ1v) is 9.94. The van der Waals surface area contributed by atoms with E-state index in [0.717, 1.165) is 16.9 Å². The summed E-state index contributed by atoms with van der Waals surface area (Å²) in [5.41, 5.74) is 3.85. The quantitative estimate of drug-likeness (QED) is 0.733. The molecule has 29 heavy (non-hydrogen) atoms. The lowest BCUT2D eigenvalue weighted by atomic mass is 9.87. The molecule has 0 aliphatic heterocycles. The largest absolute Gasteiger partial charge is 0.496 e. The average Bonchev–Trinajstić information content (AvgIpc) is 2.67. The molecule has 0 aromatic heterocycles. The predicted octanol–water partition coefficient (Wildman–Crippen LogP) is 4.30. The van der Waals surface area contributed by atoms with Gasteiger partial charge >= 0.3 is 0 Å². The van der Waals surface area contributed by atoms with Crippen LogP contribution in [0.2, 0.25) is 0 Å². The van der Waals surface area contributed by atoms with Crippen LogP contribution in [-0.4, -0.2) is 25.5 Å². The molecule has 0 saturated heterocycles. The summed E-state index contributed by atoms with van der Waals surface area (Å²) in [6.07, 6.45) is 0.213. The van der Waals surface area contributed by atoms with Crippen LogP contribution < -0.4 is 15.4 Å². The average molecular weight is 397 g/mol. The molecule has 0 heterocycles. The fourth-order valence-electron chi connectivity index (χ4n) is 3.10. The van der Waals surface area contributed by atoms with Crippen molar-refractivity contribution in [2.75, 3.05) is 13.7 Å². The number of ether oxygens (including phenoxy) is 1. The third-order valence-corrected chi connectivity index (χ3v) is 4.88. The van der Waals surface area contributed by atoms with Gasteiger partial charge in [-0.15, -0.1) is 0 Å². The van der Waals surface area contributed by atoms with E-state index in [-0.39, 0.29) is 36.2 Å². The van der Waals surface area contributed by atoms with Crippen LogP contribution in [0.5, 0.6) is 5.75 Å². The van der Waals surface area contributed by atoms with Crippen molar-refractivity contribution in [3.05, 3.63) is 64.7 Å². The molecule has 0 radical (unpaired) electrons. The summed E-state index contributed by atoms with van der Waals surface area (Å²) in [6, 6.07) is 13.3. The van der Waals surface area contributed by atoms with Gasteiger partial charge in [-0.1, -0.05) is 50.6 Å². The lowest BCUT2D eigenvalue weighted by Gasteiger charge is -2.19. The highest BCUT2D eigenvalue weighted by Gasteiger charge is 2.16. The zero-order chi connectivity index (χ0) is 21.6. The first-order valence-electron chi connectivity index (χ1n) is 9.94. The SMILES string of the molecule is COc1ccc(C)cc1[C@@H](C)NC(=O)CCNC(=O)c1ccc(C(C)(C)C)cc1. The molecule has 0 saturated carbocycles. The van der Waals surface area contributed by atoms with Crippen molar-refractivity contribution in [1.29, 1.82) is 0 Å². The van der Waals surface area contributed by atoms with E-state index in [1.807, 2.05) is 56.3 Å². The van der Waals surface area contributed by atoms with E-state index < -0.39 is 0 Å². The summed E-state index contributed by atoms with van der Waals surface area (Å²) >= 11 is 0. The van der Waals surface area contributed by atoms with E-state index in [2.05, 4.69) is 31.4 Å². The zero-order valence-corrected chi connectivity index (χ0v) is 18.3. The summed E-state index contributed by atoms with van der Waals surface area (Å²) in [5, 5.41) is 5.77. The molecule has 5 heteroatoms. The normalized spacial score (nSPS) is 12.2. The van der Waals surface area contributed by atoms with Crippen LogP contribution in [0.3, 0.4) is 0 Å². The molecule has 2 aromatic carbocycles. The van der Waals surface area contributed by atoms with E-state index in [1.165, 1.54) is 5.56 Å². The van der Waals surface area contributed by atoms with Gasteiger partial charge in [0, 0.05) is 24.1 Å². The number of carbonyl (C=O) groups is 2. The van der Waals surface area contributed by atoms with Gasteiger partial charge in [-0.05, 0) is 43.0 Å². The first kappa shape index (κ1) is 22.5. The van der Waals surface area contributed by atoms with Crippen molar-refractivity contribution in [2.24, 2.45) is 0 Å². The molecule has 2 rings (SSSR count). The summed E-state index contributed by atoms with van der Waals surface area (Å²) < 4.78 is 5.39. The van der Waals surface area contributed by atoms with Gasteiger partial charge < -0.3 is 15.4 Å². The maximum absolute atomic E-state index is 12.3. The number of hydrogen-bond acceptors (Lipinski definition) is 3. The molecule has 0 spiro atoms. The summed E-state index contributed by atoms with van der Waals surface area (Å²) in [7, 11) is 1.62. The Labute approximate surface area is 173 Å². The van der Waals surface area contributed by atoms with Gasteiger partial charge in [0.2, 0.25) is 5.91 Å². The van der Waals surface area contributed by atoms with Gasteiger partial charge in [-0.25, -0.2) is 0 Å². The number of amides is 2. The lowest BCUT2D eigenvalue weighted by Crippen LogP contribution is -2.32. The topological polar surface area (TPSA) is 67.4 Å². The predicted molar refractivity (Wildman–Crippen MR) is 116 cm³/mol. The Balaban J connectivity index is 1.85. The van der Waals surface area contributed by atoms with Gasteiger partial charge in [0.15, 0.2) is 0 Å². The molecule has 0 unspecified atom stereocenters. The Hall–Kier alpha value is -2.82. The Morgan fingerprint density at radius 3 is 2.31 bits per heavy atom. The molecule has 5 nitrogen and oxygen atoms in total. The summed E-state index contributed by atoms with van der Waals surface area (Å²) in [5.74, 6) is 0.450. The Morgan fingerprint density at radius 2 is 1.72 bits per heavy atom. The third kappa shape index (κ3) is 6.34. The van der Waals surface area contributed by atoms with Crippen LogP contribution in [0.1, 0.15) is 67.2 Å². The van der Waals surface area contributed by atoms with Gasteiger partial charge in [0.05, 0.1) is 13.2 Å². The molecule has 0 aliphatic rings.